The molecule has 0 saturated carbocycles. The molecule has 4 aromatic carbocycles. The van der Waals surface area contributed by atoms with Gasteiger partial charge in [0, 0.05) is 5.30 Å². The Morgan fingerprint density at radius 3 is 1.56 bits per heavy atom. The molecule has 1 heterocycles. The first-order chi connectivity index (χ1) is 19.1. The van der Waals surface area contributed by atoms with Gasteiger partial charge in [0.25, 0.3) is 0 Å². The molecule has 1 fully saturated rings. The molecule has 5 nitrogen and oxygen atoms in total. The summed E-state index contributed by atoms with van der Waals surface area (Å²) in [6.45, 7) is 1.33. The molecule has 5 rings (SSSR count). The van der Waals surface area contributed by atoms with E-state index in [1.54, 1.807) is 0 Å². The zero-order chi connectivity index (χ0) is 26.9. The van der Waals surface area contributed by atoms with Crippen molar-refractivity contribution in [3.05, 3.63) is 138 Å². The first kappa shape index (κ1) is 28.0. The van der Waals surface area contributed by atoms with Gasteiger partial charge in [0.15, 0.2) is 0 Å². The summed E-state index contributed by atoms with van der Waals surface area (Å²) < 4.78 is 39.6. The van der Waals surface area contributed by atoms with Crippen LogP contribution in [0.5, 0.6) is 0 Å². The highest BCUT2D eigenvalue weighted by Gasteiger charge is 2.53. The Morgan fingerprint density at radius 2 is 1.05 bits per heavy atom. The van der Waals surface area contributed by atoms with Crippen molar-refractivity contribution < 1.29 is 23.3 Å². The minimum Gasteiger partial charge on any atom is -0.374 e. The maximum atomic E-state index is 14.6. The number of hydrogen-bond acceptors (Lipinski definition) is 5. The molecule has 202 valence electrons. The summed E-state index contributed by atoms with van der Waals surface area (Å²) in [5, 5.41) is 0.634. The van der Waals surface area contributed by atoms with Crippen molar-refractivity contribution >= 4 is 28.6 Å². The molecule has 7 heteroatoms. The molecule has 1 saturated heterocycles. The van der Waals surface area contributed by atoms with Crippen LogP contribution in [0.1, 0.15) is 16.7 Å². The average Bonchev–Trinajstić information content (AvgIpc) is 2.99. The second-order valence-corrected chi connectivity index (χ2v) is 13.6. The van der Waals surface area contributed by atoms with Gasteiger partial charge < -0.3 is 18.7 Å². The van der Waals surface area contributed by atoms with Crippen LogP contribution in [0.2, 0.25) is 0 Å². The lowest BCUT2D eigenvalue weighted by atomic mass is 10.1. The molecule has 0 unspecified atom stereocenters. The fourth-order valence-corrected chi connectivity index (χ4v) is 8.41. The normalized spacial score (nSPS) is 24.8. The van der Waals surface area contributed by atoms with Crippen LogP contribution in [-0.4, -0.2) is 29.5 Å². The summed E-state index contributed by atoms with van der Waals surface area (Å²) in [4.78, 5) is 0. The molecular weight excluding hydrogens is 575 g/mol. The van der Waals surface area contributed by atoms with Gasteiger partial charge in [0.05, 0.1) is 26.4 Å². The van der Waals surface area contributed by atoms with E-state index >= 15 is 0 Å². The number of rotatable bonds is 11. The zero-order valence-electron chi connectivity index (χ0n) is 21.6. The Hall–Kier alpha value is -2.57. The van der Waals surface area contributed by atoms with Crippen molar-refractivity contribution in [3.63, 3.8) is 0 Å². The summed E-state index contributed by atoms with van der Waals surface area (Å²) in [6, 6.07) is 39.2. The molecule has 0 radical (unpaired) electrons. The number of hydrogen-bond donors (Lipinski definition) is 0. The lowest BCUT2D eigenvalue weighted by Crippen LogP contribution is -2.53. The second kappa shape index (κ2) is 13.7. The van der Waals surface area contributed by atoms with Gasteiger partial charge in [-0.05, 0) is 28.8 Å². The number of halogens is 1. The fraction of sp³-hybridized carbons (Fsp3) is 0.250. The Bertz CT molecular complexity index is 1320. The van der Waals surface area contributed by atoms with Crippen LogP contribution < -0.4 is 5.30 Å². The summed E-state index contributed by atoms with van der Waals surface area (Å²) >= 11 is 3.75. The predicted octanol–water partition coefficient (Wildman–Crippen LogP) is 7.10. The van der Waals surface area contributed by atoms with Crippen molar-refractivity contribution in [2.45, 2.75) is 42.7 Å². The zero-order valence-corrected chi connectivity index (χ0v) is 24.0. The van der Waals surface area contributed by atoms with Crippen LogP contribution in [0.15, 0.2) is 121 Å². The molecule has 5 atom stereocenters. The second-order valence-electron chi connectivity index (χ2n) is 9.47. The third kappa shape index (κ3) is 7.15. The van der Waals surface area contributed by atoms with Crippen LogP contribution >= 0.6 is 23.3 Å². The van der Waals surface area contributed by atoms with Crippen molar-refractivity contribution in [3.8, 4) is 0 Å². The van der Waals surface area contributed by atoms with E-state index in [0.29, 0.717) is 25.1 Å². The summed E-state index contributed by atoms with van der Waals surface area (Å²) in [7, 11) is -3.40. The molecule has 0 amide bonds. The van der Waals surface area contributed by atoms with Gasteiger partial charge in [-0.1, -0.05) is 125 Å². The van der Waals surface area contributed by atoms with Gasteiger partial charge in [0.1, 0.15) is 22.9 Å². The third-order valence-electron chi connectivity index (χ3n) is 6.66. The Kier molecular flexibility index (Phi) is 9.81. The van der Waals surface area contributed by atoms with Crippen LogP contribution in [0, 0.1) is 0 Å². The summed E-state index contributed by atoms with van der Waals surface area (Å²) in [5.41, 5.74) is 3.11. The maximum absolute atomic E-state index is 14.6. The Balaban J connectivity index is 1.43. The van der Waals surface area contributed by atoms with E-state index in [1.165, 1.54) is 0 Å². The molecule has 0 spiro atoms. The van der Waals surface area contributed by atoms with Crippen LogP contribution in [0.4, 0.5) is 0 Å². The molecule has 0 aliphatic carbocycles. The molecule has 1 aliphatic heterocycles. The predicted molar refractivity (Wildman–Crippen MR) is 157 cm³/mol. The van der Waals surface area contributed by atoms with Crippen LogP contribution in [0.25, 0.3) is 0 Å². The minimum absolute atomic E-state index is 0.204. The molecule has 0 bridgehead atoms. The minimum atomic E-state index is -3.40. The van der Waals surface area contributed by atoms with Gasteiger partial charge in [-0.2, -0.15) is 0 Å². The molecule has 4 aromatic rings. The van der Waals surface area contributed by atoms with E-state index < -0.39 is 30.2 Å². The molecule has 0 aromatic heterocycles. The van der Waals surface area contributed by atoms with Gasteiger partial charge in [-0.15, -0.1) is 0 Å². The van der Waals surface area contributed by atoms with E-state index in [4.69, 9.17) is 18.7 Å². The highest BCUT2D eigenvalue weighted by atomic mass is 79.9. The van der Waals surface area contributed by atoms with E-state index in [1.807, 2.05) is 121 Å². The quantitative estimate of drug-likeness (QED) is 0.135. The van der Waals surface area contributed by atoms with Gasteiger partial charge >= 0.3 is 0 Å². The number of alkyl halides is 1. The SMILES string of the molecule is O=[P@@]1(c2ccccc2)O[C@H](COCc2ccccc2)[C@@H](OCc2ccccc2)[C@H](OCc2ccccc2)[C@@H]1Br. The van der Waals surface area contributed by atoms with E-state index in [0.717, 1.165) is 16.7 Å². The van der Waals surface area contributed by atoms with Crippen molar-refractivity contribution in [2.24, 2.45) is 0 Å². The topological polar surface area (TPSA) is 54.0 Å². The van der Waals surface area contributed by atoms with Gasteiger partial charge in [-0.25, -0.2) is 0 Å². The summed E-state index contributed by atoms with van der Waals surface area (Å²) in [6.07, 6.45) is -1.70. The molecule has 39 heavy (non-hydrogen) atoms. The Labute approximate surface area is 238 Å². The van der Waals surface area contributed by atoms with E-state index in [-0.39, 0.29) is 6.61 Å². The van der Waals surface area contributed by atoms with E-state index in [2.05, 4.69) is 15.9 Å². The molecule has 0 N–H and O–H groups in total. The highest BCUT2D eigenvalue weighted by molar-refractivity contribution is 9.10. The largest absolute Gasteiger partial charge is 0.374 e. The standard InChI is InChI=1S/C32H32BrO5P/c33-32-31(37-23-27-17-9-3-10-18-27)30(36-22-26-15-7-2-8-16-26)29(24-35-21-25-13-5-1-6-14-25)38-39(32,34)28-19-11-4-12-20-28/h1-20,29-32H,21-24H2/t29-,30-,31+,32-,39+/m1/s1. The number of benzene rings is 4. The lowest BCUT2D eigenvalue weighted by Gasteiger charge is -2.44. The van der Waals surface area contributed by atoms with Crippen LogP contribution in [0.3, 0.4) is 0 Å². The Morgan fingerprint density at radius 1 is 0.615 bits per heavy atom. The third-order valence-corrected chi connectivity index (χ3v) is 11.3. The molecular formula is C32H32BrO5P. The fourth-order valence-electron chi connectivity index (χ4n) is 4.62. The van der Waals surface area contributed by atoms with Gasteiger partial charge in [-0.3, -0.25) is 4.57 Å². The van der Waals surface area contributed by atoms with Crippen molar-refractivity contribution in [1.82, 2.24) is 0 Å². The van der Waals surface area contributed by atoms with Crippen molar-refractivity contribution in [1.29, 1.82) is 0 Å². The summed E-state index contributed by atoms with van der Waals surface area (Å²) in [5.74, 6) is 0. The highest BCUT2D eigenvalue weighted by Crippen LogP contribution is 2.60. The maximum Gasteiger partial charge on any atom is 0.248 e. The lowest BCUT2D eigenvalue weighted by molar-refractivity contribution is -0.146. The average molecular weight is 607 g/mol. The smallest absolute Gasteiger partial charge is 0.248 e. The van der Waals surface area contributed by atoms with Crippen molar-refractivity contribution in [2.75, 3.05) is 6.61 Å². The number of ether oxygens (including phenoxy) is 3. The first-order valence-corrected chi connectivity index (χ1v) is 15.6. The monoisotopic (exact) mass is 606 g/mol. The molecule has 1 aliphatic rings. The first-order valence-electron chi connectivity index (χ1n) is 13.0. The van der Waals surface area contributed by atoms with Gasteiger partial charge in [0.2, 0.25) is 7.37 Å². The van der Waals surface area contributed by atoms with Crippen LogP contribution in [-0.2, 0) is 43.1 Å². The van der Waals surface area contributed by atoms with E-state index in [9.17, 15) is 4.57 Å².